The van der Waals surface area contributed by atoms with Crippen LogP contribution < -0.4 is 10.5 Å². The fourth-order valence-corrected chi connectivity index (χ4v) is 2.48. The first-order valence-corrected chi connectivity index (χ1v) is 7.31. The van der Waals surface area contributed by atoms with Crippen LogP contribution in [-0.2, 0) is 6.42 Å². The van der Waals surface area contributed by atoms with Gasteiger partial charge in [0.2, 0.25) is 0 Å². The molecule has 0 saturated heterocycles. The lowest BCUT2D eigenvalue weighted by atomic mass is 10.0. The van der Waals surface area contributed by atoms with Crippen molar-refractivity contribution in [1.29, 1.82) is 0 Å². The summed E-state index contributed by atoms with van der Waals surface area (Å²) in [5.41, 5.74) is 8.24. The van der Waals surface area contributed by atoms with E-state index in [2.05, 4.69) is 16.9 Å². The van der Waals surface area contributed by atoms with Crippen LogP contribution in [0.5, 0.6) is 11.5 Å². The van der Waals surface area contributed by atoms with Crippen LogP contribution in [0.2, 0.25) is 0 Å². The van der Waals surface area contributed by atoms with E-state index >= 15 is 0 Å². The van der Waals surface area contributed by atoms with Crippen molar-refractivity contribution in [3.8, 4) is 11.5 Å². The molecule has 22 heavy (non-hydrogen) atoms. The Morgan fingerprint density at radius 3 is 2.64 bits per heavy atom. The number of aromatic hydroxyl groups is 1. The van der Waals surface area contributed by atoms with Crippen molar-refractivity contribution in [3.63, 3.8) is 0 Å². The number of phenolic OH excluding ortho intramolecular Hbond substituents is 1. The standard InChI is InChI=1S/C17H23N3O2/c1-20(10-7-13-5-8-19-9-6-13)15(12-18)14-3-4-16(21)17(11-14)22-2/h3-6,8-9,11,15,21H,7,10,12,18H2,1-2H3. The summed E-state index contributed by atoms with van der Waals surface area (Å²) in [4.78, 5) is 6.24. The second-order valence-corrected chi connectivity index (χ2v) is 5.27. The smallest absolute Gasteiger partial charge is 0.160 e. The highest BCUT2D eigenvalue weighted by molar-refractivity contribution is 5.42. The fourth-order valence-electron chi connectivity index (χ4n) is 2.48. The molecule has 0 fully saturated rings. The number of methoxy groups -OCH3 is 1. The molecule has 1 atom stereocenters. The Morgan fingerprint density at radius 2 is 2.00 bits per heavy atom. The molecule has 1 aromatic carbocycles. The van der Waals surface area contributed by atoms with Crippen molar-refractivity contribution < 1.29 is 9.84 Å². The first-order chi connectivity index (χ1) is 10.7. The number of benzene rings is 1. The van der Waals surface area contributed by atoms with Gasteiger partial charge >= 0.3 is 0 Å². The number of hydrogen-bond donors (Lipinski definition) is 2. The second-order valence-electron chi connectivity index (χ2n) is 5.27. The molecule has 5 heteroatoms. The summed E-state index contributed by atoms with van der Waals surface area (Å²) in [5.74, 6) is 0.611. The minimum absolute atomic E-state index is 0.0799. The first kappa shape index (κ1) is 16.3. The normalized spacial score (nSPS) is 12.4. The van der Waals surface area contributed by atoms with E-state index in [1.807, 2.05) is 24.3 Å². The van der Waals surface area contributed by atoms with Crippen molar-refractivity contribution in [1.82, 2.24) is 9.88 Å². The maximum atomic E-state index is 9.70. The van der Waals surface area contributed by atoms with Crippen molar-refractivity contribution in [3.05, 3.63) is 53.9 Å². The van der Waals surface area contributed by atoms with E-state index in [4.69, 9.17) is 10.5 Å². The highest BCUT2D eigenvalue weighted by atomic mass is 16.5. The van der Waals surface area contributed by atoms with E-state index in [0.717, 1.165) is 18.5 Å². The molecular formula is C17H23N3O2. The summed E-state index contributed by atoms with van der Waals surface area (Å²) in [5, 5.41) is 9.70. The Balaban J connectivity index is 2.07. The zero-order valence-corrected chi connectivity index (χ0v) is 13.1. The molecule has 0 saturated carbocycles. The van der Waals surface area contributed by atoms with Gasteiger partial charge in [0.25, 0.3) is 0 Å². The molecule has 1 unspecified atom stereocenters. The third-order valence-electron chi connectivity index (χ3n) is 3.85. The van der Waals surface area contributed by atoms with Crippen LogP contribution in [0.1, 0.15) is 17.2 Å². The van der Waals surface area contributed by atoms with Crippen LogP contribution >= 0.6 is 0 Å². The van der Waals surface area contributed by atoms with Gasteiger partial charge < -0.3 is 15.6 Å². The molecule has 0 radical (unpaired) electrons. The second kappa shape index (κ2) is 7.77. The van der Waals surface area contributed by atoms with Gasteiger partial charge in [-0.3, -0.25) is 9.88 Å². The quantitative estimate of drug-likeness (QED) is 0.818. The zero-order chi connectivity index (χ0) is 15.9. The predicted molar refractivity (Wildman–Crippen MR) is 87.0 cm³/mol. The van der Waals surface area contributed by atoms with Crippen molar-refractivity contribution in [2.45, 2.75) is 12.5 Å². The molecule has 2 rings (SSSR count). The Bertz CT molecular complexity index is 590. The maximum Gasteiger partial charge on any atom is 0.160 e. The number of ether oxygens (including phenoxy) is 1. The first-order valence-electron chi connectivity index (χ1n) is 7.31. The largest absolute Gasteiger partial charge is 0.504 e. The number of aromatic nitrogens is 1. The third kappa shape index (κ3) is 3.96. The summed E-state index contributed by atoms with van der Waals surface area (Å²) in [7, 11) is 3.60. The summed E-state index contributed by atoms with van der Waals surface area (Å²) in [6.07, 6.45) is 4.55. The van der Waals surface area contributed by atoms with Gasteiger partial charge in [0.1, 0.15) is 0 Å². The van der Waals surface area contributed by atoms with Crippen molar-refractivity contribution in [2.75, 3.05) is 27.2 Å². The Labute approximate surface area is 131 Å². The highest BCUT2D eigenvalue weighted by Gasteiger charge is 2.17. The molecular weight excluding hydrogens is 278 g/mol. The lowest BCUT2D eigenvalue weighted by Gasteiger charge is -2.27. The van der Waals surface area contributed by atoms with Gasteiger partial charge in [0.15, 0.2) is 11.5 Å². The highest BCUT2D eigenvalue weighted by Crippen LogP contribution is 2.30. The van der Waals surface area contributed by atoms with Crippen LogP contribution in [0.25, 0.3) is 0 Å². The van der Waals surface area contributed by atoms with E-state index in [1.165, 1.54) is 5.56 Å². The summed E-state index contributed by atoms with van der Waals surface area (Å²) in [6.45, 7) is 1.38. The monoisotopic (exact) mass is 301 g/mol. The van der Waals surface area contributed by atoms with Gasteiger partial charge in [-0.05, 0) is 48.9 Å². The molecule has 5 nitrogen and oxygen atoms in total. The van der Waals surface area contributed by atoms with Crippen LogP contribution in [0.3, 0.4) is 0 Å². The molecule has 0 spiro atoms. The molecule has 3 N–H and O–H groups in total. The van der Waals surface area contributed by atoms with Gasteiger partial charge in [-0.2, -0.15) is 0 Å². The molecule has 0 aliphatic carbocycles. The van der Waals surface area contributed by atoms with E-state index in [0.29, 0.717) is 12.3 Å². The van der Waals surface area contributed by atoms with Gasteiger partial charge in [-0.15, -0.1) is 0 Å². The van der Waals surface area contributed by atoms with E-state index in [9.17, 15) is 5.11 Å². The van der Waals surface area contributed by atoms with Crippen LogP contribution in [0.15, 0.2) is 42.7 Å². The Hall–Kier alpha value is -2.11. The Morgan fingerprint density at radius 1 is 1.27 bits per heavy atom. The topological polar surface area (TPSA) is 71.6 Å². The molecule has 0 bridgehead atoms. The van der Waals surface area contributed by atoms with Gasteiger partial charge in [-0.1, -0.05) is 6.07 Å². The fraction of sp³-hybridized carbons (Fsp3) is 0.353. The van der Waals surface area contributed by atoms with E-state index in [-0.39, 0.29) is 11.8 Å². The van der Waals surface area contributed by atoms with Crippen LogP contribution in [0, 0.1) is 0 Å². The number of phenols is 1. The zero-order valence-electron chi connectivity index (χ0n) is 13.1. The lowest BCUT2D eigenvalue weighted by molar-refractivity contribution is 0.252. The van der Waals surface area contributed by atoms with Crippen molar-refractivity contribution >= 4 is 0 Å². The minimum atomic E-state index is 0.0799. The van der Waals surface area contributed by atoms with Crippen molar-refractivity contribution in [2.24, 2.45) is 5.73 Å². The maximum absolute atomic E-state index is 9.70. The summed E-state index contributed by atoms with van der Waals surface area (Å²) < 4.78 is 5.17. The Kier molecular flexibility index (Phi) is 5.75. The molecule has 1 heterocycles. The molecule has 2 aromatic rings. The molecule has 118 valence electrons. The van der Waals surface area contributed by atoms with Gasteiger partial charge in [0.05, 0.1) is 7.11 Å². The average Bonchev–Trinajstić information content (AvgIpc) is 2.56. The number of pyridine rings is 1. The van der Waals surface area contributed by atoms with E-state index in [1.54, 1.807) is 25.6 Å². The van der Waals surface area contributed by atoms with Crippen LogP contribution in [-0.4, -0.2) is 42.2 Å². The summed E-state index contributed by atoms with van der Waals surface area (Å²) >= 11 is 0. The average molecular weight is 301 g/mol. The van der Waals surface area contributed by atoms with Gasteiger partial charge in [0, 0.05) is 31.5 Å². The molecule has 0 aliphatic rings. The van der Waals surface area contributed by atoms with Crippen LogP contribution in [0.4, 0.5) is 0 Å². The number of hydrogen-bond acceptors (Lipinski definition) is 5. The molecule has 1 aromatic heterocycles. The molecule has 0 aliphatic heterocycles. The number of rotatable bonds is 7. The lowest BCUT2D eigenvalue weighted by Crippen LogP contribution is -2.32. The number of nitrogens with two attached hydrogens (primary N) is 1. The van der Waals surface area contributed by atoms with Gasteiger partial charge in [-0.25, -0.2) is 0 Å². The number of likely N-dealkylation sites (N-methyl/N-ethyl adjacent to an activating group) is 1. The molecule has 0 amide bonds. The number of nitrogens with zero attached hydrogens (tertiary/aromatic N) is 2. The predicted octanol–water partition coefficient (Wildman–Crippen LogP) is 1.97. The SMILES string of the molecule is COc1cc(C(CN)N(C)CCc2ccncc2)ccc1O. The minimum Gasteiger partial charge on any atom is -0.504 e. The summed E-state index contributed by atoms with van der Waals surface area (Å²) in [6, 6.07) is 9.50. The third-order valence-corrected chi connectivity index (χ3v) is 3.85. The van der Waals surface area contributed by atoms with E-state index < -0.39 is 0 Å².